The molecule has 0 spiro atoms. The van der Waals surface area contributed by atoms with Crippen molar-refractivity contribution in [3.63, 3.8) is 0 Å². The fourth-order valence-electron chi connectivity index (χ4n) is 5.11. The van der Waals surface area contributed by atoms with Crippen molar-refractivity contribution in [1.82, 2.24) is 8.87 Å². The summed E-state index contributed by atoms with van der Waals surface area (Å²) < 4.78 is 30.1. The maximum absolute atomic E-state index is 13.6. The lowest BCUT2D eigenvalue weighted by Gasteiger charge is -2.21. The summed E-state index contributed by atoms with van der Waals surface area (Å²) in [4.78, 5) is 28.9. The topological polar surface area (TPSA) is 79.7 Å². The molecular formula is C27H29N3O4S. The number of allylic oxidation sites excluding steroid dienone is 1. The van der Waals surface area contributed by atoms with Crippen LogP contribution in [0.4, 0.5) is 5.69 Å². The quantitative estimate of drug-likeness (QED) is 0.506. The van der Waals surface area contributed by atoms with Gasteiger partial charge in [0.05, 0.1) is 10.4 Å². The third-order valence-electron chi connectivity index (χ3n) is 6.94. The number of amides is 1. The number of rotatable bonds is 5. The lowest BCUT2D eigenvalue weighted by molar-refractivity contribution is 0.0988. The van der Waals surface area contributed by atoms with Crippen LogP contribution in [0.15, 0.2) is 71.0 Å². The molecule has 1 fully saturated rings. The Balaban J connectivity index is 1.62. The number of carbonyl (C=O) groups excluding carboxylic acids is 1. The Hall–Kier alpha value is -3.23. The molecule has 2 aromatic carbocycles. The monoisotopic (exact) mass is 491 g/mol. The maximum Gasteiger partial charge on any atom is 0.263 e. The van der Waals surface area contributed by atoms with E-state index >= 15 is 0 Å². The Kier molecular flexibility index (Phi) is 6.34. The summed E-state index contributed by atoms with van der Waals surface area (Å²) in [6.45, 7) is 5.64. The maximum atomic E-state index is 13.6. The number of aromatic nitrogens is 1. The van der Waals surface area contributed by atoms with Gasteiger partial charge in [-0.2, -0.15) is 4.31 Å². The van der Waals surface area contributed by atoms with E-state index in [0.29, 0.717) is 31.7 Å². The summed E-state index contributed by atoms with van der Waals surface area (Å²) in [5.74, 6) is -0.375. The molecule has 3 aromatic rings. The van der Waals surface area contributed by atoms with E-state index in [4.69, 9.17) is 0 Å². The average molecular weight is 492 g/mol. The summed E-state index contributed by atoms with van der Waals surface area (Å²) in [6.07, 6.45) is 7.67. The minimum absolute atomic E-state index is 0.0281. The Morgan fingerprint density at radius 1 is 1.00 bits per heavy atom. The number of benzene rings is 2. The molecule has 0 atom stereocenters. The number of hydrogen-bond donors (Lipinski definition) is 0. The van der Waals surface area contributed by atoms with Crippen LogP contribution in [0, 0.1) is 0 Å². The molecule has 2 aliphatic rings. The zero-order valence-corrected chi connectivity index (χ0v) is 20.5. The number of fused-ring (bicyclic) bond motifs is 2. The highest BCUT2D eigenvalue weighted by molar-refractivity contribution is 7.89. The molecular weight excluding hydrogens is 462 g/mol. The van der Waals surface area contributed by atoms with E-state index in [1.54, 1.807) is 33.9 Å². The second kappa shape index (κ2) is 9.43. The number of sulfonamides is 1. The molecule has 0 saturated carbocycles. The van der Waals surface area contributed by atoms with Gasteiger partial charge in [0.2, 0.25) is 15.5 Å². The summed E-state index contributed by atoms with van der Waals surface area (Å²) in [5, 5.41) is 0.223. The largest absolute Gasteiger partial charge is 0.343 e. The van der Waals surface area contributed by atoms with Crippen LogP contribution in [0.5, 0.6) is 0 Å². The summed E-state index contributed by atoms with van der Waals surface area (Å²) in [6, 6.07) is 12.3. The Morgan fingerprint density at radius 3 is 2.49 bits per heavy atom. The first-order chi connectivity index (χ1) is 16.9. The van der Waals surface area contributed by atoms with Crippen LogP contribution in [-0.4, -0.2) is 42.8 Å². The van der Waals surface area contributed by atoms with Gasteiger partial charge in [-0.15, -0.1) is 6.58 Å². The van der Waals surface area contributed by atoms with Crippen molar-refractivity contribution in [3.8, 4) is 0 Å². The van der Waals surface area contributed by atoms with Gasteiger partial charge < -0.3 is 9.47 Å². The first-order valence-electron chi connectivity index (χ1n) is 12.1. The van der Waals surface area contributed by atoms with Crippen LogP contribution in [-0.2, 0) is 23.0 Å². The van der Waals surface area contributed by atoms with Crippen molar-refractivity contribution in [3.05, 3.63) is 82.7 Å². The zero-order chi connectivity index (χ0) is 24.6. The molecule has 0 radical (unpaired) electrons. The van der Waals surface area contributed by atoms with Gasteiger partial charge in [0.1, 0.15) is 5.56 Å². The predicted octanol–water partition coefficient (Wildman–Crippen LogP) is 3.96. The van der Waals surface area contributed by atoms with Crippen LogP contribution < -0.4 is 10.3 Å². The number of carbonyl (C=O) groups is 1. The third kappa shape index (κ3) is 4.21. The van der Waals surface area contributed by atoms with Crippen molar-refractivity contribution in [2.45, 2.75) is 43.5 Å². The lowest BCUT2D eigenvalue weighted by Crippen LogP contribution is -2.34. The fourth-order valence-corrected chi connectivity index (χ4v) is 6.65. The highest BCUT2D eigenvalue weighted by Crippen LogP contribution is 2.29. The molecule has 0 bridgehead atoms. The second-order valence-corrected chi connectivity index (χ2v) is 11.1. The molecule has 1 amide bonds. The molecule has 1 aromatic heterocycles. The van der Waals surface area contributed by atoms with Crippen molar-refractivity contribution in [1.29, 1.82) is 0 Å². The van der Waals surface area contributed by atoms with E-state index in [1.165, 1.54) is 10.4 Å². The zero-order valence-electron chi connectivity index (χ0n) is 19.7. The molecule has 0 aliphatic carbocycles. The van der Waals surface area contributed by atoms with E-state index < -0.39 is 15.5 Å². The SMILES string of the molecule is C=CCn1cc(C(=O)N2CCc3ccccc32)c(=O)c2cc(S(=O)(=O)N3CCCCCC3)ccc21. The first-order valence-corrected chi connectivity index (χ1v) is 13.5. The molecule has 7 nitrogen and oxygen atoms in total. The van der Waals surface area contributed by atoms with Crippen molar-refractivity contribution < 1.29 is 13.2 Å². The smallest absolute Gasteiger partial charge is 0.263 e. The van der Waals surface area contributed by atoms with Gasteiger partial charge in [-0.25, -0.2) is 8.42 Å². The van der Waals surface area contributed by atoms with Crippen LogP contribution in [0.3, 0.4) is 0 Å². The number of para-hydroxylation sites is 1. The number of nitrogens with zero attached hydrogens (tertiary/aromatic N) is 3. The predicted molar refractivity (Wildman–Crippen MR) is 137 cm³/mol. The molecule has 0 unspecified atom stereocenters. The van der Waals surface area contributed by atoms with Crippen molar-refractivity contribution in [2.75, 3.05) is 24.5 Å². The minimum atomic E-state index is -3.74. The number of anilines is 1. The Bertz CT molecular complexity index is 1470. The summed E-state index contributed by atoms with van der Waals surface area (Å²) >= 11 is 0. The van der Waals surface area contributed by atoms with E-state index in [-0.39, 0.29) is 21.8 Å². The van der Waals surface area contributed by atoms with Gasteiger partial charge in [-0.1, -0.05) is 37.1 Å². The molecule has 35 heavy (non-hydrogen) atoms. The highest BCUT2D eigenvalue weighted by atomic mass is 32.2. The van der Waals surface area contributed by atoms with Crippen LogP contribution in [0.2, 0.25) is 0 Å². The molecule has 182 valence electrons. The molecule has 1 saturated heterocycles. The van der Waals surface area contributed by atoms with E-state index in [9.17, 15) is 18.0 Å². The number of pyridine rings is 1. The van der Waals surface area contributed by atoms with Crippen LogP contribution in [0.1, 0.15) is 41.6 Å². The van der Waals surface area contributed by atoms with E-state index in [1.807, 2.05) is 24.3 Å². The van der Waals surface area contributed by atoms with Gasteiger partial charge in [0.25, 0.3) is 5.91 Å². The van der Waals surface area contributed by atoms with Gasteiger partial charge in [-0.05, 0) is 49.1 Å². The molecule has 2 aliphatic heterocycles. The molecule has 0 N–H and O–H groups in total. The highest BCUT2D eigenvalue weighted by Gasteiger charge is 2.29. The van der Waals surface area contributed by atoms with Crippen LogP contribution in [0.25, 0.3) is 10.9 Å². The minimum Gasteiger partial charge on any atom is -0.343 e. The third-order valence-corrected chi connectivity index (χ3v) is 8.84. The van der Waals surface area contributed by atoms with Gasteiger partial charge in [-0.3, -0.25) is 9.59 Å². The standard InChI is InChI=1S/C27H29N3O4S/c1-2-14-28-19-23(27(32)30-17-13-20-9-5-6-10-24(20)30)26(31)22-18-21(11-12-25(22)28)35(33,34)29-15-7-3-4-8-16-29/h2,5-6,9-12,18-19H,1,3-4,7-8,13-17H2. The van der Waals surface area contributed by atoms with Gasteiger partial charge >= 0.3 is 0 Å². The molecule has 3 heterocycles. The van der Waals surface area contributed by atoms with Crippen molar-refractivity contribution in [2.24, 2.45) is 0 Å². The Morgan fingerprint density at radius 2 is 1.74 bits per heavy atom. The normalized spacial score (nSPS) is 16.7. The van der Waals surface area contributed by atoms with Gasteiger partial charge in [0.15, 0.2) is 0 Å². The lowest BCUT2D eigenvalue weighted by atomic mass is 10.1. The average Bonchev–Trinajstić information content (AvgIpc) is 3.09. The number of hydrogen-bond acceptors (Lipinski definition) is 4. The molecule has 8 heteroatoms. The van der Waals surface area contributed by atoms with Gasteiger partial charge in [0, 0.05) is 43.4 Å². The van der Waals surface area contributed by atoms with E-state index in [2.05, 4.69) is 6.58 Å². The van der Waals surface area contributed by atoms with Crippen molar-refractivity contribution >= 4 is 32.5 Å². The fraction of sp³-hybridized carbons (Fsp3) is 0.333. The van der Waals surface area contributed by atoms with Crippen LogP contribution >= 0.6 is 0 Å². The Labute approximate surface area is 205 Å². The molecule has 5 rings (SSSR count). The van der Waals surface area contributed by atoms with E-state index in [0.717, 1.165) is 43.4 Å². The first kappa shape index (κ1) is 23.5. The summed E-state index contributed by atoms with van der Waals surface area (Å²) in [5.41, 5.74) is 2.02. The second-order valence-electron chi connectivity index (χ2n) is 9.15. The summed E-state index contributed by atoms with van der Waals surface area (Å²) in [7, 11) is -3.74.